The van der Waals surface area contributed by atoms with Crippen LogP contribution in [0, 0.1) is 0 Å². The molecule has 0 radical (unpaired) electrons. The van der Waals surface area contributed by atoms with Crippen molar-refractivity contribution in [3.05, 3.63) is 63.6 Å². The van der Waals surface area contributed by atoms with Crippen LogP contribution in [0.2, 0.25) is 10.0 Å². The predicted molar refractivity (Wildman–Crippen MR) is 84.2 cm³/mol. The summed E-state index contributed by atoms with van der Waals surface area (Å²) in [6, 6.07) is 12.3. The maximum Gasteiger partial charge on any atom is 0.243 e. The lowest BCUT2D eigenvalue weighted by Gasteiger charge is -2.28. The molecule has 0 aliphatic carbocycles. The fourth-order valence-electron chi connectivity index (χ4n) is 2.50. The first-order chi connectivity index (χ1) is 9.96. The maximum absolute atomic E-state index is 12.7. The highest BCUT2D eigenvalue weighted by atomic mass is 35.5. The molecule has 0 saturated heterocycles. The Morgan fingerprint density at radius 1 is 0.952 bits per heavy atom. The molecule has 2 aromatic rings. The molecule has 6 heteroatoms. The molecule has 2 aromatic carbocycles. The monoisotopic (exact) mass is 341 g/mol. The lowest BCUT2D eigenvalue weighted by atomic mass is 10.0. The summed E-state index contributed by atoms with van der Waals surface area (Å²) in [6.45, 7) is 0.839. The molecule has 0 amide bonds. The van der Waals surface area contributed by atoms with E-state index in [-0.39, 0.29) is 4.90 Å². The van der Waals surface area contributed by atoms with Crippen molar-refractivity contribution in [1.82, 2.24) is 4.31 Å². The lowest BCUT2D eigenvalue weighted by Crippen LogP contribution is -2.35. The average molecular weight is 342 g/mol. The normalized spacial score (nSPS) is 15.7. The van der Waals surface area contributed by atoms with Gasteiger partial charge in [-0.15, -0.1) is 0 Å². The third-order valence-corrected chi connectivity index (χ3v) is 5.83. The van der Waals surface area contributed by atoms with Gasteiger partial charge in [0.2, 0.25) is 10.0 Å². The zero-order chi connectivity index (χ0) is 15.0. The highest BCUT2D eigenvalue weighted by molar-refractivity contribution is 7.89. The van der Waals surface area contributed by atoms with Crippen molar-refractivity contribution in [1.29, 1.82) is 0 Å². The van der Waals surface area contributed by atoms with Gasteiger partial charge in [-0.3, -0.25) is 0 Å². The summed E-state index contributed by atoms with van der Waals surface area (Å²) in [6.07, 6.45) is 0.712. The van der Waals surface area contributed by atoms with Gasteiger partial charge >= 0.3 is 0 Å². The summed E-state index contributed by atoms with van der Waals surface area (Å²) < 4.78 is 26.9. The summed E-state index contributed by atoms with van der Waals surface area (Å²) in [5.74, 6) is 0. The van der Waals surface area contributed by atoms with E-state index in [4.69, 9.17) is 23.2 Å². The third kappa shape index (κ3) is 2.94. The molecule has 3 nitrogen and oxygen atoms in total. The van der Waals surface area contributed by atoms with Crippen molar-refractivity contribution < 1.29 is 8.42 Å². The number of nitrogens with zero attached hydrogens (tertiary/aromatic N) is 1. The Labute approximate surface area is 134 Å². The Kier molecular flexibility index (Phi) is 3.97. The fraction of sp³-hybridized carbons (Fsp3) is 0.200. The molecule has 0 saturated carbocycles. The molecule has 0 fully saturated rings. The SMILES string of the molecule is O=S(=O)(c1cc(Cl)cc(Cl)c1)N1CCc2ccccc2C1. The van der Waals surface area contributed by atoms with E-state index in [1.165, 1.54) is 28.1 Å². The first-order valence-electron chi connectivity index (χ1n) is 6.50. The molecule has 0 atom stereocenters. The molecule has 3 rings (SSSR count). The first kappa shape index (κ1) is 14.9. The van der Waals surface area contributed by atoms with E-state index in [0.29, 0.717) is 29.6 Å². The molecule has 1 heterocycles. The number of hydrogen-bond donors (Lipinski definition) is 0. The summed E-state index contributed by atoms with van der Waals surface area (Å²) in [5, 5.41) is 0.636. The van der Waals surface area contributed by atoms with E-state index in [1.54, 1.807) is 0 Å². The molecule has 1 aliphatic heterocycles. The van der Waals surface area contributed by atoms with Crippen LogP contribution < -0.4 is 0 Å². The summed E-state index contributed by atoms with van der Waals surface area (Å²) in [5.41, 5.74) is 2.24. The molecular weight excluding hydrogens is 329 g/mol. The third-order valence-electron chi connectivity index (χ3n) is 3.57. The Bertz CT molecular complexity index is 770. The lowest BCUT2D eigenvalue weighted by molar-refractivity contribution is 0.391. The van der Waals surface area contributed by atoms with E-state index in [1.807, 2.05) is 24.3 Å². The van der Waals surface area contributed by atoms with Crippen LogP contribution in [0.5, 0.6) is 0 Å². The molecule has 21 heavy (non-hydrogen) atoms. The second kappa shape index (κ2) is 5.61. The minimum atomic E-state index is -3.59. The highest BCUT2D eigenvalue weighted by Gasteiger charge is 2.28. The van der Waals surface area contributed by atoms with Gasteiger partial charge < -0.3 is 0 Å². The first-order valence-corrected chi connectivity index (χ1v) is 8.69. The Hall–Kier alpha value is -1.07. The molecule has 0 spiro atoms. The second-order valence-corrected chi connectivity index (χ2v) is 7.77. The van der Waals surface area contributed by atoms with Crippen LogP contribution in [0.1, 0.15) is 11.1 Å². The fourth-order valence-corrected chi connectivity index (χ4v) is 4.65. The smallest absolute Gasteiger partial charge is 0.207 e. The van der Waals surface area contributed by atoms with Gasteiger partial charge in [-0.25, -0.2) is 8.42 Å². The Morgan fingerprint density at radius 2 is 1.57 bits per heavy atom. The largest absolute Gasteiger partial charge is 0.243 e. The second-order valence-electron chi connectivity index (χ2n) is 4.96. The van der Waals surface area contributed by atoms with Crippen molar-refractivity contribution in [3.63, 3.8) is 0 Å². The average Bonchev–Trinajstić information content (AvgIpc) is 2.45. The number of rotatable bonds is 2. The topological polar surface area (TPSA) is 37.4 Å². The minimum absolute atomic E-state index is 0.138. The number of sulfonamides is 1. The van der Waals surface area contributed by atoms with Crippen LogP contribution in [0.15, 0.2) is 47.4 Å². The van der Waals surface area contributed by atoms with Crippen molar-refractivity contribution in [2.24, 2.45) is 0 Å². The summed E-state index contributed by atoms with van der Waals surface area (Å²) >= 11 is 11.8. The van der Waals surface area contributed by atoms with Crippen LogP contribution in [-0.2, 0) is 23.0 Å². The van der Waals surface area contributed by atoms with E-state index >= 15 is 0 Å². The van der Waals surface area contributed by atoms with Crippen LogP contribution in [0.4, 0.5) is 0 Å². The number of benzene rings is 2. The molecule has 0 bridgehead atoms. The van der Waals surface area contributed by atoms with Gasteiger partial charge in [0, 0.05) is 23.1 Å². The van der Waals surface area contributed by atoms with Crippen molar-refractivity contribution >= 4 is 33.2 Å². The Balaban J connectivity index is 1.97. The van der Waals surface area contributed by atoms with E-state index < -0.39 is 10.0 Å². The molecule has 110 valence electrons. The standard InChI is InChI=1S/C15H13Cl2NO2S/c16-13-7-14(17)9-15(8-13)21(19,20)18-6-5-11-3-1-2-4-12(11)10-18/h1-4,7-9H,5-6,10H2. The quantitative estimate of drug-likeness (QED) is 0.834. The van der Waals surface area contributed by atoms with Crippen LogP contribution >= 0.6 is 23.2 Å². The van der Waals surface area contributed by atoms with Gasteiger partial charge in [0.1, 0.15) is 0 Å². The minimum Gasteiger partial charge on any atom is -0.207 e. The van der Waals surface area contributed by atoms with Gasteiger partial charge in [0.05, 0.1) is 4.90 Å². The summed E-state index contributed by atoms with van der Waals surface area (Å²) in [4.78, 5) is 0.138. The zero-order valence-corrected chi connectivity index (χ0v) is 13.4. The van der Waals surface area contributed by atoms with E-state index in [0.717, 1.165) is 5.56 Å². The molecule has 0 aromatic heterocycles. The zero-order valence-electron chi connectivity index (χ0n) is 11.1. The number of halogens is 2. The van der Waals surface area contributed by atoms with E-state index in [9.17, 15) is 8.42 Å². The van der Waals surface area contributed by atoms with Crippen LogP contribution in [0.3, 0.4) is 0 Å². The van der Waals surface area contributed by atoms with Crippen molar-refractivity contribution in [2.75, 3.05) is 6.54 Å². The van der Waals surface area contributed by atoms with Gasteiger partial charge in [-0.2, -0.15) is 4.31 Å². The number of fused-ring (bicyclic) bond motifs is 1. The highest BCUT2D eigenvalue weighted by Crippen LogP contribution is 2.28. The predicted octanol–water partition coefficient (Wildman–Crippen LogP) is 3.74. The van der Waals surface area contributed by atoms with Gasteiger partial charge in [0.25, 0.3) is 0 Å². The molecule has 1 aliphatic rings. The van der Waals surface area contributed by atoms with Crippen LogP contribution in [-0.4, -0.2) is 19.3 Å². The van der Waals surface area contributed by atoms with Gasteiger partial charge in [0.15, 0.2) is 0 Å². The van der Waals surface area contributed by atoms with Crippen molar-refractivity contribution in [2.45, 2.75) is 17.9 Å². The number of hydrogen-bond acceptors (Lipinski definition) is 2. The van der Waals surface area contributed by atoms with Crippen LogP contribution in [0.25, 0.3) is 0 Å². The van der Waals surface area contributed by atoms with Gasteiger partial charge in [-0.1, -0.05) is 47.5 Å². The van der Waals surface area contributed by atoms with Gasteiger partial charge in [-0.05, 0) is 35.7 Å². The Morgan fingerprint density at radius 3 is 2.24 bits per heavy atom. The van der Waals surface area contributed by atoms with E-state index in [2.05, 4.69) is 0 Å². The molecule has 0 N–H and O–H groups in total. The van der Waals surface area contributed by atoms with Crippen molar-refractivity contribution in [3.8, 4) is 0 Å². The molecule has 0 unspecified atom stereocenters. The summed E-state index contributed by atoms with van der Waals surface area (Å²) in [7, 11) is -3.59. The maximum atomic E-state index is 12.7. The molecular formula is C15H13Cl2NO2S.